The molecule has 0 spiro atoms. The van der Waals surface area contributed by atoms with E-state index >= 15 is 0 Å². The van der Waals surface area contributed by atoms with Gasteiger partial charge in [0, 0.05) is 18.6 Å². The molecule has 1 aromatic heterocycles. The average Bonchev–Trinajstić information content (AvgIpc) is 2.84. The van der Waals surface area contributed by atoms with Crippen LogP contribution in [0.4, 0.5) is 0 Å². The van der Waals surface area contributed by atoms with Crippen molar-refractivity contribution in [2.45, 2.75) is 174 Å². The Hall–Kier alpha value is -0.850. The van der Waals surface area contributed by atoms with Gasteiger partial charge in [0.1, 0.15) is 6.54 Å². The molecule has 1 heteroatoms. The molecule has 1 heterocycles. The fourth-order valence-electron chi connectivity index (χ4n) is 4.93. The van der Waals surface area contributed by atoms with Crippen LogP contribution in [0.15, 0.2) is 24.5 Å². The Balaban J connectivity index is 1.87. The first-order valence-electron chi connectivity index (χ1n) is 15.3. The standard InChI is InChI=1S/C32H60N/c1-3-5-7-9-11-13-14-15-16-17-19-21-23-25-29-33-30-27-32(28-31-33)26-24-22-20-18-12-10-8-6-4-2/h27-28,30-31H,3-26,29H2,1-2H3/q+1. The van der Waals surface area contributed by atoms with Gasteiger partial charge in [-0.15, -0.1) is 0 Å². The molecule has 33 heavy (non-hydrogen) atoms. The minimum Gasteiger partial charge on any atom is -0.205 e. The lowest BCUT2D eigenvalue weighted by Crippen LogP contribution is -2.32. The van der Waals surface area contributed by atoms with E-state index in [9.17, 15) is 0 Å². The minimum absolute atomic E-state index is 1.19. The first-order valence-corrected chi connectivity index (χ1v) is 15.3. The molecule has 0 unspecified atom stereocenters. The molecule has 0 aliphatic carbocycles. The van der Waals surface area contributed by atoms with E-state index in [4.69, 9.17) is 0 Å². The summed E-state index contributed by atoms with van der Waals surface area (Å²) in [6.07, 6.45) is 38.8. The predicted octanol–water partition coefficient (Wildman–Crippen LogP) is 10.5. The largest absolute Gasteiger partial charge is 0.205 e. The van der Waals surface area contributed by atoms with Crippen molar-refractivity contribution in [2.24, 2.45) is 0 Å². The quantitative estimate of drug-likeness (QED) is 0.101. The molecule has 0 fully saturated rings. The van der Waals surface area contributed by atoms with Crippen LogP contribution >= 0.6 is 0 Å². The fourth-order valence-corrected chi connectivity index (χ4v) is 4.93. The summed E-state index contributed by atoms with van der Waals surface area (Å²) in [5.74, 6) is 0. The van der Waals surface area contributed by atoms with Gasteiger partial charge in [0.15, 0.2) is 12.4 Å². The van der Waals surface area contributed by atoms with Gasteiger partial charge >= 0.3 is 0 Å². The Bertz CT molecular complexity index is 492. The molecular weight excluding hydrogens is 398 g/mol. The molecule has 0 saturated heterocycles. The minimum atomic E-state index is 1.19. The number of nitrogens with zero attached hydrogens (tertiary/aromatic N) is 1. The highest BCUT2D eigenvalue weighted by Crippen LogP contribution is 2.13. The van der Waals surface area contributed by atoms with E-state index in [2.05, 4.69) is 42.9 Å². The number of hydrogen-bond donors (Lipinski definition) is 0. The summed E-state index contributed by atoms with van der Waals surface area (Å²) in [6, 6.07) is 4.71. The van der Waals surface area contributed by atoms with Gasteiger partial charge in [0.05, 0.1) is 0 Å². The lowest BCUT2D eigenvalue weighted by Gasteiger charge is -2.04. The topological polar surface area (TPSA) is 3.88 Å². The summed E-state index contributed by atoms with van der Waals surface area (Å²) in [5.41, 5.74) is 1.52. The van der Waals surface area contributed by atoms with E-state index in [1.807, 2.05) is 0 Å². The van der Waals surface area contributed by atoms with Crippen LogP contribution in [0.3, 0.4) is 0 Å². The fraction of sp³-hybridized carbons (Fsp3) is 0.844. The normalized spacial score (nSPS) is 11.3. The van der Waals surface area contributed by atoms with Gasteiger partial charge in [-0.25, -0.2) is 4.57 Å². The van der Waals surface area contributed by atoms with Crippen LogP contribution in [0.5, 0.6) is 0 Å². The predicted molar refractivity (Wildman–Crippen MR) is 148 cm³/mol. The first-order chi connectivity index (χ1) is 16.4. The monoisotopic (exact) mass is 458 g/mol. The van der Waals surface area contributed by atoms with Gasteiger partial charge in [-0.1, -0.05) is 142 Å². The first kappa shape index (κ1) is 30.2. The lowest BCUT2D eigenvalue weighted by atomic mass is 10.0. The lowest BCUT2D eigenvalue weighted by molar-refractivity contribution is -0.697. The molecule has 192 valence electrons. The highest BCUT2D eigenvalue weighted by atomic mass is 14.9. The molecule has 0 N–H and O–H groups in total. The van der Waals surface area contributed by atoms with E-state index in [0.29, 0.717) is 0 Å². The number of aryl methyl sites for hydroxylation is 2. The maximum absolute atomic E-state index is 2.39. The van der Waals surface area contributed by atoms with Crippen molar-refractivity contribution in [1.29, 1.82) is 0 Å². The van der Waals surface area contributed by atoms with Crippen molar-refractivity contribution >= 4 is 0 Å². The van der Waals surface area contributed by atoms with E-state index in [0.717, 1.165) is 0 Å². The molecule has 1 rings (SSSR count). The second-order valence-electron chi connectivity index (χ2n) is 10.6. The molecule has 0 aromatic carbocycles. The smallest absolute Gasteiger partial charge is 0.169 e. The Kier molecular flexibility index (Phi) is 22.2. The number of unbranched alkanes of at least 4 members (excludes halogenated alkanes) is 21. The van der Waals surface area contributed by atoms with Gasteiger partial charge in [0.2, 0.25) is 0 Å². The van der Waals surface area contributed by atoms with Gasteiger partial charge in [-0.2, -0.15) is 0 Å². The summed E-state index contributed by atoms with van der Waals surface area (Å²) in [7, 11) is 0. The van der Waals surface area contributed by atoms with Crippen LogP contribution in [0.25, 0.3) is 0 Å². The zero-order chi connectivity index (χ0) is 23.7. The van der Waals surface area contributed by atoms with Crippen LogP contribution in [0.2, 0.25) is 0 Å². The van der Waals surface area contributed by atoms with E-state index in [-0.39, 0.29) is 0 Å². The molecule has 1 nitrogen and oxygen atoms in total. The Morgan fingerprint density at radius 3 is 1.15 bits per heavy atom. The third-order valence-electron chi connectivity index (χ3n) is 7.30. The molecule has 0 aliphatic heterocycles. The Labute approximate surface area is 209 Å². The molecule has 0 amide bonds. The number of aromatic nitrogens is 1. The van der Waals surface area contributed by atoms with Crippen molar-refractivity contribution in [3.05, 3.63) is 30.1 Å². The number of hydrogen-bond acceptors (Lipinski definition) is 0. The third-order valence-corrected chi connectivity index (χ3v) is 7.30. The van der Waals surface area contributed by atoms with Gasteiger partial charge < -0.3 is 0 Å². The van der Waals surface area contributed by atoms with Crippen molar-refractivity contribution in [3.63, 3.8) is 0 Å². The van der Waals surface area contributed by atoms with Crippen LogP contribution in [0.1, 0.15) is 167 Å². The van der Waals surface area contributed by atoms with Crippen molar-refractivity contribution in [3.8, 4) is 0 Å². The van der Waals surface area contributed by atoms with Crippen molar-refractivity contribution < 1.29 is 4.57 Å². The molecule has 0 saturated carbocycles. The summed E-state index contributed by atoms with van der Waals surface area (Å²) < 4.78 is 2.39. The molecule has 1 aromatic rings. The Morgan fingerprint density at radius 2 is 0.758 bits per heavy atom. The zero-order valence-electron chi connectivity index (χ0n) is 22.9. The molecule has 0 atom stereocenters. The number of pyridine rings is 1. The van der Waals surface area contributed by atoms with Crippen LogP contribution in [-0.2, 0) is 13.0 Å². The Morgan fingerprint density at radius 1 is 0.424 bits per heavy atom. The summed E-state index contributed by atoms with van der Waals surface area (Å²) in [6.45, 7) is 5.79. The van der Waals surface area contributed by atoms with Crippen LogP contribution in [-0.4, -0.2) is 0 Å². The van der Waals surface area contributed by atoms with E-state index in [1.165, 1.54) is 166 Å². The zero-order valence-corrected chi connectivity index (χ0v) is 22.9. The summed E-state index contributed by atoms with van der Waals surface area (Å²) >= 11 is 0. The highest BCUT2D eigenvalue weighted by molar-refractivity contribution is 5.07. The third kappa shape index (κ3) is 20.3. The summed E-state index contributed by atoms with van der Waals surface area (Å²) in [5, 5.41) is 0. The average molecular weight is 459 g/mol. The maximum Gasteiger partial charge on any atom is 0.169 e. The van der Waals surface area contributed by atoms with Gasteiger partial charge in [0.25, 0.3) is 0 Å². The highest BCUT2D eigenvalue weighted by Gasteiger charge is 2.02. The van der Waals surface area contributed by atoms with Crippen LogP contribution < -0.4 is 4.57 Å². The van der Waals surface area contributed by atoms with Gasteiger partial charge in [-0.05, 0) is 24.8 Å². The number of rotatable bonds is 25. The maximum atomic E-state index is 2.39. The molecule has 0 radical (unpaired) electrons. The second-order valence-corrected chi connectivity index (χ2v) is 10.6. The van der Waals surface area contributed by atoms with Gasteiger partial charge in [-0.3, -0.25) is 0 Å². The SMILES string of the molecule is CCCCCCCCCCCCCCCC[n+]1ccc(CCCCCCCCCCC)cc1. The van der Waals surface area contributed by atoms with Crippen molar-refractivity contribution in [2.75, 3.05) is 0 Å². The van der Waals surface area contributed by atoms with Crippen molar-refractivity contribution in [1.82, 2.24) is 0 Å². The molecule has 0 bridgehead atoms. The van der Waals surface area contributed by atoms with Crippen LogP contribution in [0, 0.1) is 0 Å². The van der Waals surface area contributed by atoms with E-state index in [1.54, 1.807) is 0 Å². The summed E-state index contributed by atoms with van der Waals surface area (Å²) in [4.78, 5) is 0. The second kappa shape index (κ2) is 24.3. The van der Waals surface area contributed by atoms with E-state index < -0.39 is 0 Å². The molecular formula is C32H60N+. The molecule has 0 aliphatic rings.